The molecular formula is C16H22N4O2. The summed E-state index contributed by atoms with van der Waals surface area (Å²) in [4.78, 5) is 16.2. The summed E-state index contributed by atoms with van der Waals surface area (Å²) in [5.74, 6) is 0.756. The molecule has 22 heavy (non-hydrogen) atoms. The number of benzene rings is 1. The first-order valence-electron chi connectivity index (χ1n) is 7.36. The zero-order chi connectivity index (χ0) is 15.9. The molecule has 1 heterocycles. The Morgan fingerprint density at radius 3 is 2.95 bits per heavy atom. The van der Waals surface area contributed by atoms with Gasteiger partial charge in [0.2, 0.25) is 0 Å². The van der Waals surface area contributed by atoms with Crippen molar-refractivity contribution in [1.82, 2.24) is 14.9 Å². The fourth-order valence-corrected chi connectivity index (χ4v) is 2.17. The van der Waals surface area contributed by atoms with Crippen molar-refractivity contribution in [3.63, 3.8) is 0 Å². The molecule has 6 nitrogen and oxygen atoms in total. The largest absolute Gasteiger partial charge is 0.395 e. The third kappa shape index (κ3) is 4.08. The predicted molar refractivity (Wildman–Crippen MR) is 85.8 cm³/mol. The van der Waals surface area contributed by atoms with Crippen LogP contribution >= 0.6 is 0 Å². The Balaban J connectivity index is 2.01. The number of rotatable bonds is 7. The van der Waals surface area contributed by atoms with Crippen molar-refractivity contribution in [3.8, 4) is 0 Å². The number of hydrogen-bond acceptors (Lipinski definition) is 4. The molecule has 0 atom stereocenters. The highest BCUT2D eigenvalue weighted by Crippen LogP contribution is 2.13. The molecule has 2 aromatic rings. The normalized spacial score (nSPS) is 10.7. The van der Waals surface area contributed by atoms with Gasteiger partial charge in [-0.1, -0.05) is 6.07 Å². The molecule has 0 spiro atoms. The lowest BCUT2D eigenvalue weighted by molar-refractivity contribution is 0.0945. The van der Waals surface area contributed by atoms with Gasteiger partial charge in [0.1, 0.15) is 5.82 Å². The highest BCUT2D eigenvalue weighted by atomic mass is 16.3. The van der Waals surface area contributed by atoms with Crippen LogP contribution in [0.3, 0.4) is 0 Å². The Hall–Kier alpha value is -2.34. The van der Waals surface area contributed by atoms with E-state index in [4.69, 9.17) is 5.11 Å². The molecule has 0 saturated heterocycles. The number of carbonyl (C=O) groups is 1. The van der Waals surface area contributed by atoms with Gasteiger partial charge in [-0.2, -0.15) is 0 Å². The van der Waals surface area contributed by atoms with E-state index in [9.17, 15) is 4.79 Å². The van der Waals surface area contributed by atoms with Crippen LogP contribution in [0.25, 0.3) is 0 Å². The van der Waals surface area contributed by atoms with Gasteiger partial charge in [0.05, 0.1) is 13.2 Å². The summed E-state index contributed by atoms with van der Waals surface area (Å²) in [7, 11) is 0. The summed E-state index contributed by atoms with van der Waals surface area (Å²) in [6, 6.07) is 7.62. The standard InChI is InChI=1S/C16H22N4O2/c1-12(2)20-8-6-17-15(20)11-19-14-5-3-4-13(10-14)16(22)18-7-9-21/h3-6,8,10,12,19,21H,7,9,11H2,1-2H3,(H,18,22). The van der Waals surface area contributed by atoms with E-state index in [1.807, 2.05) is 18.3 Å². The van der Waals surface area contributed by atoms with E-state index in [0.29, 0.717) is 18.2 Å². The van der Waals surface area contributed by atoms with E-state index in [0.717, 1.165) is 11.5 Å². The molecule has 1 aromatic heterocycles. The number of anilines is 1. The van der Waals surface area contributed by atoms with Gasteiger partial charge in [0, 0.05) is 36.2 Å². The molecule has 0 fully saturated rings. The molecular weight excluding hydrogens is 280 g/mol. The van der Waals surface area contributed by atoms with Crippen LogP contribution in [-0.2, 0) is 6.54 Å². The van der Waals surface area contributed by atoms with Gasteiger partial charge in [-0.3, -0.25) is 4.79 Å². The Kier molecular flexibility index (Phi) is 5.55. The van der Waals surface area contributed by atoms with Crippen LogP contribution in [0, 0.1) is 0 Å². The molecule has 118 valence electrons. The van der Waals surface area contributed by atoms with Gasteiger partial charge < -0.3 is 20.3 Å². The lowest BCUT2D eigenvalue weighted by Crippen LogP contribution is -2.26. The van der Waals surface area contributed by atoms with Crippen LogP contribution in [0.4, 0.5) is 5.69 Å². The average Bonchev–Trinajstić information content (AvgIpc) is 2.99. The molecule has 0 radical (unpaired) electrons. The minimum atomic E-state index is -0.193. The van der Waals surface area contributed by atoms with Crippen LogP contribution in [0.2, 0.25) is 0 Å². The van der Waals surface area contributed by atoms with Crippen molar-refractivity contribution in [2.75, 3.05) is 18.5 Å². The molecule has 0 aliphatic heterocycles. The number of aliphatic hydroxyl groups is 1. The smallest absolute Gasteiger partial charge is 0.251 e. The summed E-state index contributed by atoms with van der Waals surface area (Å²) in [6.45, 7) is 4.99. The molecule has 1 amide bonds. The van der Waals surface area contributed by atoms with E-state index >= 15 is 0 Å². The summed E-state index contributed by atoms with van der Waals surface area (Å²) in [5, 5.41) is 14.7. The number of amides is 1. The van der Waals surface area contributed by atoms with Crippen LogP contribution in [0.5, 0.6) is 0 Å². The van der Waals surface area contributed by atoms with Crippen LogP contribution in [0.1, 0.15) is 36.1 Å². The molecule has 0 bridgehead atoms. The maximum atomic E-state index is 11.9. The fourth-order valence-electron chi connectivity index (χ4n) is 2.17. The first kappa shape index (κ1) is 16.0. The molecule has 0 saturated carbocycles. The van der Waals surface area contributed by atoms with E-state index < -0.39 is 0 Å². The molecule has 6 heteroatoms. The summed E-state index contributed by atoms with van der Waals surface area (Å²) >= 11 is 0. The summed E-state index contributed by atoms with van der Waals surface area (Å²) < 4.78 is 2.10. The van der Waals surface area contributed by atoms with Gasteiger partial charge in [-0.25, -0.2) is 4.98 Å². The van der Waals surface area contributed by atoms with E-state index in [2.05, 4.69) is 34.0 Å². The zero-order valence-corrected chi connectivity index (χ0v) is 12.9. The van der Waals surface area contributed by atoms with Crippen molar-refractivity contribution < 1.29 is 9.90 Å². The SMILES string of the molecule is CC(C)n1ccnc1CNc1cccc(C(=O)NCCO)c1. The highest BCUT2D eigenvalue weighted by Gasteiger charge is 2.07. The molecule has 2 rings (SSSR count). The number of hydrogen-bond donors (Lipinski definition) is 3. The van der Waals surface area contributed by atoms with Gasteiger partial charge in [-0.05, 0) is 32.0 Å². The monoisotopic (exact) mass is 302 g/mol. The first-order chi connectivity index (χ1) is 10.6. The average molecular weight is 302 g/mol. The number of nitrogens with one attached hydrogen (secondary N) is 2. The topological polar surface area (TPSA) is 79.2 Å². The predicted octanol–water partition coefficient (Wildman–Crippen LogP) is 1.80. The lowest BCUT2D eigenvalue weighted by Gasteiger charge is -2.13. The summed E-state index contributed by atoms with van der Waals surface area (Å²) in [5.41, 5.74) is 1.42. The van der Waals surface area contributed by atoms with Crippen molar-refractivity contribution in [3.05, 3.63) is 48.0 Å². The highest BCUT2D eigenvalue weighted by molar-refractivity contribution is 5.95. The Morgan fingerprint density at radius 1 is 1.41 bits per heavy atom. The quantitative estimate of drug-likeness (QED) is 0.728. The fraction of sp³-hybridized carbons (Fsp3) is 0.375. The first-order valence-corrected chi connectivity index (χ1v) is 7.36. The van der Waals surface area contributed by atoms with Crippen LogP contribution in [-0.4, -0.2) is 33.7 Å². The number of imidazole rings is 1. The van der Waals surface area contributed by atoms with Gasteiger partial charge >= 0.3 is 0 Å². The zero-order valence-electron chi connectivity index (χ0n) is 12.9. The molecule has 0 aliphatic rings. The second-order valence-corrected chi connectivity index (χ2v) is 5.26. The number of aliphatic hydroxyl groups excluding tert-OH is 1. The van der Waals surface area contributed by atoms with Gasteiger partial charge in [-0.15, -0.1) is 0 Å². The van der Waals surface area contributed by atoms with E-state index in [-0.39, 0.29) is 19.1 Å². The van der Waals surface area contributed by atoms with Crippen molar-refractivity contribution >= 4 is 11.6 Å². The second-order valence-electron chi connectivity index (χ2n) is 5.26. The number of carbonyl (C=O) groups excluding carboxylic acids is 1. The Morgan fingerprint density at radius 2 is 2.23 bits per heavy atom. The van der Waals surface area contributed by atoms with E-state index in [1.165, 1.54) is 0 Å². The number of aromatic nitrogens is 2. The lowest BCUT2D eigenvalue weighted by atomic mass is 10.2. The van der Waals surface area contributed by atoms with Crippen molar-refractivity contribution in [2.24, 2.45) is 0 Å². The molecule has 0 unspecified atom stereocenters. The van der Waals surface area contributed by atoms with Crippen molar-refractivity contribution in [2.45, 2.75) is 26.4 Å². The van der Waals surface area contributed by atoms with Gasteiger partial charge in [0.15, 0.2) is 0 Å². The van der Waals surface area contributed by atoms with Gasteiger partial charge in [0.25, 0.3) is 5.91 Å². The number of nitrogens with zero attached hydrogens (tertiary/aromatic N) is 2. The second kappa shape index (κ2) is 7.61. The molecule has 1 aromatic carbocycles. The van der Waals surface area contributed by atoms with Crippen LogP contribution in [0.15, 0.2) is 36.7 Å². The third-order valence-corrected chi connectivity index (χ3v) is 3.28. The van der Waals surface area contributed by atoms with Crippen LogP contribution < -0.4 is 10.6 Å². The Labute approximate surface area is 130 Å². The molecule has 3 N–H and O–H groups in total. The summed E-state index contributed by atoms with van der Waals surface area (Å²) in [6.07, 6.45) is 3.75. The molecule has 0 aliphatic carbocycles. The minimum absolute atomic E-state index is 0.0679. The third-order valence-electron chi connectivity index (χ3n) is 3.28. The van der Waals surface area contributed by atoms with E-state index in [1.54, 1.807) is 18.3 Å². The van der Waals surface area contributed by atoms with Crippen molar-refractivity contribution in [1.29, 1.82) is 0 Å². The minimum Gasteiger partial charge on any atom is -0.395 e. The Bertz CT molecular complexity index is 622. The maximum Gasteiger partial charge on any atom is 0.251 e. The maximum absolute atomic E-state index is 11.9.